The van der Waals surface area contributed by atoms with Crippen LogP contribution in [0.5, 0.6) is 5.75 Å². The molecule has 8 heteroatoms. The molecule has 1 aliphatic rings. The largest absolute Gasteiger partial charge is 0.415 e. The summed E-state index contributed by atoms with van der Waals surface area (Å²) in [5.41, 5.74) is 0.680. The van der Waals surface area contributed by atoms with E-state index in [-0.39, 0.29) is 17.4 Å². The van der Waals surface area contributed by atoms with Crippen molar-refractivity contribution < 1.29 is 23.1 Å². The van der Waals surface area contributed by atoms with Gasteiger partial charge in [0.2, 0.25) is 10.0 Å². The normalized spacial score (nSPS) is 14.8. The first-order valence-electron chi connectivity index (χ1n) is 12.6. The summed E-state index contributed by atoms with van der Waals surface area (Å²) in [7, 11) is -3.61. The zero-order valence-corrected chi connectivity index (χ0v) is 21.9. The highest BCUT2D eigenvalue weighted by Crippen LogP contribution is 2.42. The van der Waals surface area contributed by atoms with Gasteiger partial charge in [-0.05, 0) is 41.3 Å². The molecule has 4 aromatic carbocycles. The number of rotatable bonds is 6. The fraction of sp³-hybridized carbons (Fsp3) is 0.233. The number of aliphatic hydroxyl groups is 1. The molecule has 0 spiro atoms. The van der Waals surface area contributed by atoms with Crippen molar-refractivity contribution in [3.63, 3.8) is 0 Å². The van der Waals surface area contributed by atoms with Crippen LogP contribution in [0.3, 0.4) is 0 Å². The molecule has 196 valence electrons. The maximum atomic E-state index is 13.2. The van der Waals surface area contributed by atoms with Crippen molar-refractivity contribution >= 4 is 32.6 Å². The number of hydrogen-bond acceptors (Lipinski definition) is 5. The van der Waals surface area contributed by atoms with Gasteiger partial charge in [0.1, 0.15) is 5.60 Å². The zero-order chi connectivity index (χ0) is 26.8. The molecule has 1 heterocycles. The molecule has 1 aliphatic heterocycles. The number of piperidine rings is 1. The Bertz CT molecular complexity index is 1490. The topological polar surface area (TPSA) is 95.9 Å². The van der Waals surface area contributed by atoms with E-state index in [4.69, 9.17) is 4.74 Å². The number of benzene rings is 4. The number of hydrogen-bond donors (Lipinski definition) is 2. The summed E-state index contributed by atoms with van der Waals surface area (Å²) in [5.74, 6) is 0.0332. The summed E-state index contributed by atoms with van der Waals surface area (Å²) in [6.45, 7) is 0.793. The molecule has 1 amide bonds. The average Bonchev–Trinajstić information content (AvgIpc) is 2.94. The van der Waals surface area contributed by atoms with E-state index in [2.05, 4.69) is 4.72 Å². The van der Waals surface area contributed by atoms with Crippen LogP contribution in [0.15, 0.2) is 97.1 Å². The van der Waals surface area contributed by atoms with E-state index in [9.17, 15) is 18.3 Å². The monoisotopic (exact) mass is 530 g/mol. The van der Waals surface area contributed by atoms with Gasteiger partial charge in [-0.15, -0.1) is 0 Å². The Balaban J connectivity index is 1.36. The summed E-state index contributed by atoms with van der Waals surface area (Å²) in [6, 6.07) is 29.9. The first-order chi connectivity index (χ1) is 18.3. The third kappa shape index (κ3) is 5.23. The van der Waals surface area contributed by atoms with Crippen molar-refractivity contribution in [2.45, 2.75) is 18.4 Å². The molecule has 0 aliphatic carbocycles. The number of sulfonamides is 1. The number of likely N-dealkylation sites (tertiary alicyclic amines) is 1. The number of fused-ring (bicyclic) bond motifs is 1. The van der Waals surface area contributed by atoms with Crippen LogP contribution in [0.25, 0.3) is 10.8 Å². The molecule has 38 heavy (non-hydrogen) atoms. The number of anilines is 1. The minimum absolute atomic E-state index is 0.112. The van der Waals surface area contributed by atoms with Gasteiger partial charge >= 0.3 is 6.09 Å². The van der Waals surface area contributed by atoms with Crippen LogP contribution in [0, 0.1) is 5.92 Å². The first kappa shape index (κ1) is 25.8. The molecule has 0 aromatic heterocycles. The average molecular weight is 531 g/mol. The van der Waals surface area contributed by atoms with Crippen molar-refractivity contribution in [2.24, 2.45) is 5.92 Å². The van der Waals surface area contributed by atoms with Gasteiger partial charge in [0.05, 0.1) is 11.9 Å². The Labute approximate surface area is 222 Å². The molecule has 0 radical (unpaired) electrons. The van der Waals surface area contributed by atoms with Crippen molar-refractivity contribution in [1.29, 1.82) is 0 Å². The van der Waals surface area contributed by atoms with Crippen LogP contribution >= 0.6 is 0 Å². The maximum absolute atomic E-state index is 13.2. The summed E-state index contributed by atoms with van der Waals surface area (Å²) in [4.78, 5) is 14.8. The molecule has 4 aromatic rings. The van der Waals surface area contributed by atoms with Crippen LogP contribution in [-0.4, -0.2) is 43.9 Å². The van der Waals surface area contributed by atoms with E-state index in [0.717, 1.165) is 22.8 Å². The fourth-order valence-corrected chi connectivity index (χ4v) is 5.87. The van der Waals surface area contributed by atoms with Gasteiger partial charge < -0.3 is 14.7 Å². The summed E-state index contributed by atoms with van der Waals surface area (Å²) < 4.78 is 32.4. The Hall–Kier alpha value is -3.88. The van der Waals surface area contributed by atoms with Crippen LogP contribution in [0.1, 0.15) is 24.0 Å². The third-order valence-corrected chi connectivity index (χ3v) is 7.72. The van der Waals surface area contributed by atoms with E-state index < -0.39 is 21.7 Å². The van der Waals surface area contributed by atoms with Crippen molar-refractivity contribution in [3.8, 4) is 5.75 Å². The van der Waals surface area contributed by atoms with Gasteiger partial charge in [-0.25, -0.2) is 13.2 Å². The van der Waals surface area contributed by atoms with Gasteiger partial charge in [-0.3, -0.25) is 4.72 Å². The molecule has 5 rings (SSSR count). The van der Waals surface area contributed by atoms with Gasteiger partial charge in [0.25, 0.3) is 0 Å². The lowest BCUT2D eigenvalue weighted by Gasteiger charge is -2.42. The summed E-state index contributed by atoms with van der Waals surface area (Å²) in [6.07, 6.45) is 1.65. The molecular weight excluding hydrogens is 500 g/mol. The number of amides is 1. The summed E-state index contributed by atoms with van der Waals surface area (Å²) in [5, 5.41) is 13.5. The Morgan fingerprint density at radius 2 is 1.42 bits per heavy atom. The highest BCUT2D eigenvalue weighted by Gasteiger charge is 2.42. The predicted octanol–water partition coefficient (Wildman–Crippen LogP) is 5.36. The van der Waals surface area contributed by atoms with Gasteiger partial charge in [0.15, 0.2) is 5.75 Å². The molecule has 1 saturated heterocycles. The molecule has 0 saturated carbocycles. The highest BCUT2D eigenvalue weighted by atomic mass is 32.2. The summed E-state index contributed by atoms with van der Waals surface area (Å²) >= 11 is 0. The highest BCUT2D eigenvalue weighted by molar-refractivity contribution is 7.92. The smallest absolute Gasteiger partial charge is 0.408 e. The number of carbonyl (C=O) groups excluding carboxylic acids is 1. The van der Waals surface area contributed by atoms with E-state index in [1.807, 2.05) is 72.8 Å². The Kier molecular flexibility index (Phi) is 7.10. The molecule has 2 N–H and O–H groups in total. The standard InChI is InChI=1S/C30H30N2O5S/c1-38(35,36)31-28-26-15-9-8-10-22(26)16-17-27(28)37-29(33)32-20-18-25(19-21-32)30(34,23-11-4-2-5-12-23)24-13-6-3-7-14-24/h2-17,25,31,34H,18-21H2,1H3. The second kappa shape index (κ2) is 10.5. The van der Waals surface area contributed by atoms with E-state index in [0.29, 0.717) is 31.3 Å². The second-order valence-electron chi connectivity index (χ2n) is 9.66. The minimum Gasteiger partial charge on any atom is -0.408 e. The third-order valence-electron chi connectivity index (χ3n) is 7.15. The molecule has 0 unspecified atom stereocenters. The van der Waals surface area contributed by atoms with Crippen LogP contribution in [0.2, 0.25) is 0 Å². The lowest BCUT2D eigenvalue weighted by Crippen LogP contribution is -2.46. The minimum atomic E-state index is -3.61. The van der Waals surface area contributed by atoms with Crippen LogP contribution in [-0.2, 0) is 15.6 Å². The quantitative estimate of drug-likeness (QED) is 0.350. The first-order valence-corrected chi connectivity index (χ1v) is 14.4. The van der Waals surface area contributed by atoms with Crippen molar-refractivity contribution in [3.05, 3.63) is 108 Å². The second-order valence-corrected chi connectivity index (χ2v) is 11.4. The number of carbonyl (C=O) groups is 1. The number of nitrogens with zero attached hydrogens (tertiary/aromatic N) is 1. The zero-order valence-electron chi connectivity index (χ0n) is 21.1. The van der Waals surface area contributed by atoms with Gasteiger partial charge in [0, 0.05) is 18.5 Å². The van der Waals surface area contributed by atoms with E-state index >= 15 is 0 Å². The maximum Gasteiger partial charge on any atom is 0.415 e. The molecule has 0 bridgehead atoms. The van der Waals surface area contributed by atoms with Crippen LogP contribution < -0.4 is 9.46 Å². The Morgan fingerprint density at radius 1 is 0.868 bits per heavy atom. The van der Waals surface area contributed by atoms with Crippen LogP contribution in [0.4, 0.5) is 10.5 Å². The molecule has 0 atom stereocenters. The lowest BCUT2D eigenvalue weighted by atomic mass is 9.72. The van der Waals surface area contributed by atoms with Gasteiger partial charge in [-0.1, -0.05) is 91.0 Å². The molecular formula is C30H30N2O5S. The number of nitrogens with one attached hydrogen (secondary N) is 1. The Morgan fingerprint density at radius 3 is 2.00 bits per heavy atom. The lowest BCUT2D eigenvalue weighted by molar-refractivity contribution is -0.0115. The molecule has 7 nitrogen and oxygen atoms in total. The fourth-order valence-electron chi connectivity index (χ4n) is 5.29. The molecule has 1 fully saturated rings. The van der Waals surface area contributed by atoms with Gasteiger partial charge in [-0.2, -0.15) is 0 Å². The van der Waals surface area contributed by atoms with Crippen molar-refractivity contribution in [2.75, 3.05) is 24.1 Å². The van der Waals surface area contributed by atoms with E-state index in [1.165, 1.54) is 0 Å². The number of ether oxygens (including phenoxy) is 1. The predicted molar refractivity (Wildman–Crippen MR) is 149 cm³/mol. The van der Waals surface area contributed by atoms with Crippen molar-refractivity contribution in [1.82, 2.24) is 4.90 Å². The van der Waals surface area contributed by atoms with E-state index in [1.54, 1.807) is 29.2 Å². The SMILES string of the molecule is CS(=O)(=O)Nc1c(OC(=O)N2CCC(C(O)(c3ccccc3)c3ccccc3)CC2)ccc2ccccc12.